The minimum Gasteiger partial charge on any atom is -0.336 e. The predicted molar refractivity (Wildman–Crippen MR) is 71.5 cm³/mol. The molecule has 1 atom stereocenters. The van der Waals surface area contributed by atoms with Gasteiger partial charge in [-0.1, -0.05) is 34.1 Å². The molecule has 1 amide bonds. The van der Waals surface area contributed by atoms with Gasteiger partial charge in [-0.15, -0.1) is 0 Å². The third kappa shape index (κ3) is 2.69. The van der Waals surface area contributed by atoms with Crippen molar-refractivity contribution in [3.05, 3.63) is 34.3 Å². The van der Waals surface area contributed by atoms with E-state index in [4.69, 9.17) is 5.73 Å². The van der Waals surface area contributed by atoms with Crippen LogP contribution in [0.3, 0.4) is 0 Å². The highest BCUT2D eigenvalue weighted by Gasteiger charge is 2.30. The summed E-state index contributed by atoms with van der Waals surface area (Å²) in [6.45, 7) is 1.28. The number of rotatable bonds is 3. The van der Waals surface area contributed by atoms with Gasteiger partial charge in [-0.3, -0.25) is 4.79 Å². The van der Waals surface area contributed by atoms with E-state index in [0.29, 0.717) is 13.0 Å². The number of nitrogens with two attached hydrogens (primary N) is 1. The lowest BCUT2D eigenvalue weighted by molar-refractivity contribution is -0.131. The minimum atomic E-state index is 0.172. The van der Waals surface area contributed by atoms with Crippen LogP contribution in [0.2, 0.25) is 0 Å². The molecule has 2 rings (SSSR count). The molecule has 1 aromatic rings. The number of hydrogen-bond acceptors (Lipinski definition) is 2. The number of hydrogen-bond donors (Lipinski definition) is 1. The number of benzene rings is 1. The van der Waals surface area contributed by atoms with Gasteiger partial charge in [-0.25, -0.2) is 0 Å². The van der Waals surface area contributed by atoms with Gasteiger partial charge >= 0.3 is 0 Å². The van der Waals surface area contributed by atoms with Gasteiger partial charge in [0.25, 0.3) is 0 Å². The molecule has 1 aromatic carbocycles. The van der Waals surface area contributed by atoms with E-state index in [1.54, 1.807) is 0 Å². The molecule has 0 aromatic heterocycles. The standard InChI is InChI=1S/C13H17BrN2O/c14-11-5-2-1-4-10(11)12-6-3-9-16(12)13(17)7-8-15/h1-2,4-5,12H,3,6-9,15H2/t12-/m0/s1. The average molecular weight is 297 g/mol. The van der Waals surface area contributed by atoms with Gasteiger partial charge in [0.05, 0.1) is 6.04 Å². The molecule has 1 aliphatic rings. The molecule has 17 heavy (non-hydrogen) atoms. The summed E-state index contributed by atoms with van der Waals surface area (Å²) in [6, 6.07) is 8.34. The lowest BCUT2D eigenvalue weighted by Gasteiger charge is -2.25. The summed E-state index contributed by atoms with van der Waals surface area (Å²) in [5.74, 6) is 0.172. The highest BCUT2D eigenvalue weighted by molar-refractivity contribution is 9.10. The smallest absolute Gasteiger partial charge is 0.224 e. The van der Waals surface area contributed by atoms with Crippen molar-refractivity contribution in [3.8, 4) is 0 Å². The summed E-state index contributed by atoms with van der Waals surface area (Å²) in [7, 11) is 0. The predicted octanol–water partition coefficient (Wildman–Crippen LogP) is 2.46. The number of carbonyl (C=O) groups is 1. The fourth-order valence-corrected chi connectivity index (χ4v) is 2.95. The van der Waals surface area contributed by atoms with E-state index < -0.39 is 0 Å². The third-order valence-electron chi connectivity index (χ3n) is 3.20. The van der Waals surface area contributed by atoms with E-state index in [1.807, 2.05) is 23.1 Å². The van der Waals surface area contributed by atoms with Crippen molar-refractivity contribution in [2.45, 2.75) is 25.3 Å². The van der Waals surface area contributed by atoms with E-state index in [2.05, 4.69) is 22.0 Å². The van der Waals surface area contributed by atoms with Gasteiger partial charge in [0.2, 0.25) is 5.91 Å². The Kier molecular flexibility index (Phi) is 4.18. The fraction of sp³-hybridized carbons (Fsp3) is 0.462. The number of amides is 1. The van der Waals surface area contributed by atoms with Crippen LogP contribution >= 0.6 is 15.9 Å². The topological polar surface area (TPSA) is 46.3 Å². The molecule has 1 fully saturated rings. The van der Waals surface area contributed by atoms with Crippen LogP contribution in [0.5, 0.6) is 0 Å². The fourth-order valence-electron chi connectivity index (χ4n) is 2.40. The number of carbonyl (C=O) groups excluding carboxylic acids is 1. The molecule has 1 heterocycles. The molecule has 92 valence electrons. The maximum atomic E-state index is 12.0. The average Bonchev–Trinajstić information content (AvgIpc) is 2.79. The van der Waals surface area contributed by atoms with Crippen molar-refractivity contribution in [2.75, 3.05) is 13.1 Å². The van der Waals surface area contributed by atoms with Gasteiger partial charge in [0.1, 0.15) is 0 Å². The first-order chi connectivity index (χ1) is 8.24. The summed E-state index contributed by atoms with van der Waals surface area (Å²) in [4.78, 5) is 13.9. The van der Waals surface area contributed by atoms with E-state index in [9.17, 15) is 4.79 Å². The normalized spacial score (nSPS) is 19.6. The van der Waals surface area contributed by atoms with E-state index in [1.165, 1.54) is 5.56 Å². The Bertz CT molecular complexity index is 408. The van der Waals surface area contributed by atoms with Crippen molar-refractivity contribution in [3.63, 3.8) is 0 Å². The summed E-state index contributed by atoms with van der Waals surface area (Å²) in [5.41, 5.74) is 6.66. The molecule has 4 heteroatoms. The van der Waals surface area contributed by atoms with Crippen molar-refractivity contribution < 1.29 is 4.79 Å². The molecule has 3 nitrogen and oxygen atoms in total. The SMILES string of the molecule is NCCC(=O)N1CCC[C@H]1c1ccccc1Br. The first kappa shape index (κ1) is 12.6. The van der Waals surface area contributed by atoms with Gasteiger partial charge in [-0.2, -0.15) is 0 Å². The molecule has 0 aliphatic carbocycles. The number of halogens is 1. The molecular weight excluding hydrogens is 280 g/mol. The zero-order valence-electron chi connectivity index (χ0n) is 9.73. The Balaban J connectivity index is 2.20. The lowest BCUT2D eigenvalue weighted by atomic mass is 10.0. The van der Waals surface area contributed by atoms with E-state index in [0.717, 1.165) is 23.9 Å². The molecule has 2 N–H and O–H groups in total. The zero-order valence-corrected chi connectivity index (χ0v) is 11.3. The first-order valence-electron chi connectivity index (χ1n) is 5.98. The molecular formula is C13H17BrN2O. The first-order valence-corrected chi connectivity index (χ1v) is 6.77. The highest BCUT2D eigenvalue weighted by atomic mass is 79.9. The Morgan fingerprint density at radius 2 is 2.24 bits per heavy atom. The van der Waals surface area contributed by atoms with Crippen LogP contribution in [-0.2, 0) is 4.79 Å². The number of likely N-dealkylation sites (tertiary alicyclic amines) is 1. The van der Waals surface area contributed by atoms with Crippen LogP contribution < -0.4 is 5.73 Å². The lowest BCUT2D eigenvalue weighted by Crippen LogP contribution is -2.32. The van der Waals surface area contributed by atoms with Gasteiger partial charge in [0, 0.05) is 24.0 Å². The quantitative estimate of drug-likeness (QED) is 0.931. The second-order valence-electron chi connectivity index (χ2n) is 4.31. The Morgan fingerprint density at radius 1 is 1.47 bits per heavy atom. The molecule has 0 unspecified atom stereocenters. The van der Waals surface area contributed by atoms with Crippen molar-refractivity contribution >= 4 is 21.8 Å². The maximum absolute atomic E-state index is 12.0. The van der Waals surface area contributed by atoms with Crippen molar-refractivity contribution in [1.29, 1.82) is 0 Å². The third-order valence-corrected chi connectivity index (χ3v) is 3.92. The monoisotopic (exact) mass is 296 g/mol. The van der Waals surface area contributed by atoms with Crippen LogP contribution in [0.25, 0.3) is 0 Å². The van der Waals surface area contributed by atoms with Crippen molar-refractivity contribution in [1.82, 2.24) is 4.90 Å². The molecule has 1 saturated heterocycles. The van der Waals surface area contributed by atoms with Gasteiger partial charge in [0.15, 0.2) is 0 Å². The van der Waals surface area contributed by atoms with Crippen LogP contribution in [-0.4, -0.2) is 23.9 Å². The van der Waals surface area contributed by atoms with Crippen LogP contribution in [0, 0.1) is 0 Å². The van der Waals surface area contributed by atoms with Crippen LogP contribution in [0.1, 0.15) is 30.9 Å². The maximum Gasteiger partial charge on any atom is 0.224 e. The molecule has 0 spiro atoms. The van der Waals surface area contributed by atoms with Gasteiger partial charge in [-0.05, 0) is 24.5 Å². The zero-order chi connectivity index (χ0) is 12.3. The minimum absolute atomic E-state index is 0.172. The molecule has 1 aliphatic heterocycles. The summed E-state index contributed by atoms with van der Waals surface area (Å²) in [6.07, 6.45) is 2.56. The second-order valence-corrected chi connectivity index (χ2v) is 5.16. The van der Waals surface area contributed by atoms with E-state index in [-0.39, 0.29) is 11.9 Å². The van der Waals surface area contributed by atoms with Crippen LogP contribution in [0.15, 0.2) is 28.7 Å². The van der Waals surface area contributed by atoms with E-state index >= 15 is 0 Å². The Morgan fingerprint density at radius 3 is 2.94 bits per heavy atom. The summed E-state index contributed by atoms with van der Waals surface area (Å²) >= 11 is 3.56. The Labute approximate surface area is 110 Å². The van der Waals surface area contributed by atoms with Crippen LogP contribution in [0.4, 0.5) is 0 Å². The molecule has 0 radical (unpaired) electrons. The highest BCUT2D eigenvalue weighted by Crippen LogP contribution is 2.35. The van der Waals surface area contributed by atoms with Crippen molar-refractivity contribution in [2.24, 2.45) is 5.73 Å². The Hall–Kier alpha value is -0.870. The molecule has 0 saturated carbocycles. The number of nitrogens with zero attached hydrogens (tertiary/aromatic N) is 1. The summed E-state index contributed by atoms with van der Waals surface area (Å²) in [5, 5.41) is 0. The largest absolute Gasteiger partial charge is 0.336 e. The van der Waals surface area contributed by atoms with Gasteiger partial charge < -0.3 is 10.6 Å². The second kappa shape index (κ2) is 5.65. The molecule has 0 bridgehead atoms. The summed E-state index contributed by atoms with van der Waals surface area (Å²) < 4.78 is 1.08.